The highest BCUT2D eigenvalue weighted by molar-refractivity contribution is 7.89. The van der Waals surface area contributed by atoms with Gasteiger partial charge in [-0.3, -0.25) is 24.7 Å². The zero-order chi connectivity index (χ0) is 25.7. The van der Waals surface area contributed by atoms with Gasteiger partial charge in [-0.05, 0) is 36.2 Å². The summed E-state index contributed by atoms with van der Waals surface area (Å²) in [6, 6.07) is 5.90. The molecule has 1 aliphatic rings. The fourth-order valence-electron chi connectivity index (χ4n) is 3.48. The fourth-order valence-corrected chi connectivity index (χ4v) is 4.63. The third kappa shape index (κ3) is 6.03. The molecule has 1 unspecified atom stereocenters. The number of fused-ring (bicyclic) bond motifs is 1. The number of carbonyl (C=O) groups excluding carboxylic acids is 2. The van der Waals surface area contributed by atoms with E-state index in [1.807, 2.05) is 0 Å². The summed E-state index contributed by atoms with van der Waals surface area (Å²) in [6.07, 6.45) is 4.62. The summed E-state index contributed by atoms with van der Waals surface area (Å²) in [7, 11) is -4.11. The van der Waals surface area contributed by atoms with Gasteiger partial charge in [-0.1, -0.05) is 6.07 Å². The van der Waals surface area contributed by atoms with Gasteiger partial charge in [0.1, 0.15) is 16.7 Å². The van der Waals surface area contributed by atoms with Gasteiger partial charge in [0.25, 0.3) is 5.91 Å². The monoisotopic (exact) mass is 514 g/mol. The largest absolute Gasteiger partial charge is 0.480 e. The molecule has 3 heterocycles. The first-order chi connectivity index (χ1) is 17.2. The lowest BCUT2D eigenvalue weighted by atomic mass is 10.0. The second-order valence-electron chi connectivity index (χ2n) is 7.86. The average Bonchev–Trinajstić information content (AvgIpc) is 3.35. The van der Waals surface area contributed by atoms with Crippen molar-refractivity contribution in [2.24, 2.45) is 0 Å². The van der Waals surface area contributed by atoms with Gasteiger partial charge in [-0.15, -0.1) is 0 Å². The maximum Gasteiger partial charge on any atom is 0.322 e. The number of ether oxygens (including phenoxy) is 1. The van der Waals surface area contributed by atoms with Crippen LogP contribution in [-0.2, 0) is 30.8 Å². The van der Waals surface area contributed by atoms with E-state index in [9.17, 15) is 27.9 Å². The number of aromatic nitrogens is 3. The number of hydrogen-bond donors (Lipinski definition) is 5. The Labute approximate surface area is 205 Å². The van der Waals surface area contributed by atoms with E-state index in [1.165, 1.54) is 30.6 Å². The molecule has 1 aromatic carbocycles. The van der Waals surface area contributed by atoms with Crippen LogP contribution in [0.4, 0.5) is 11.6 Å². The van der Waals surface area contributed by atoms with Crippen molar-refractivity contribution >= 4 is 39.4 Å². The number of anilines is 2. The Morgan fingerprint density at radius 2 is 2.06 bits per heavy atom. The minimum Gasteiger partial charge on any atom is -0.480 e. The van der Waals surface area contributed by atoms with E-state index in [4.69, 9.17) is 4.74 Å². The number of rotatable bonds is 10. The molecule has 36 heavy (non-hydrogen) atoms. The Morgan fingerprint density at radius 3 is 2.75 bits per heavy atom. The number of sulfonamides is 1. The number of nitrogens with zero attached hydrogens (tertiary/aromatic N) is 2. The van der Waals surface area contributed by atoms with Gasteiger partial charge in [-0.25, -0.2) is 13.4 Å². The molecule has 0 fully saturated rings. The molecule has 0 radical (unpaired) electrons. The van der Waals surface area contributed by atoms with Crippen LogP contribution >= 0.6 is 0 Å². The van der Waals surface area contributed by atoms with E-state index < -0.39 is 34.0 Å². The van der Waals surface area contributed by atoms with Crippen molar-refractivity contribution in [3.05, 3.63) is 60.7 Å². The van der Waals surface area contributed by atoms with Crippen molar-refractivity contribution in [3.63, 3.8) is 0 Å². The first kappa shape index (κ1) is 24.8. The Morgan fingerprint density at radius 1 is 1.22 bits per heavy atom. The molecule has 0 aliphatic carbocycles. The predicted molar refractivity (Wildman–Crippen MR) is 126 cm³/mol. The summed E-state index contributed by atoms with van der Waals surface area (Å²) in [5, 5.41) is 14.8. The topological polar surface area (TPSA) is 192 Å². The molecular weight excluding hydrogens is 492 g/mol. The Bertz CT molecular complexity index is 1360. The molecule has 0 saturated carbocycles. The first-order valence-corrected chi connectivity index (χ1v) is 12.2. The molecule has 2 aromatic heterocycles. The molecule has 3 aromatic rings. The fraction of sp³-hybridized carbons (Fsp3) is 0.227. The standard InChI is InChI=1S/C22H22N6O7S/c29-19(27-22-24-8-9-25-22)6-5-18-20(30)26-15-10-13(3-4-17(15)35-18)11-16(21(31)32)28-36(33,34)14-2-1-7-23-12-14/h1-4,7-10,12,16,18,28H,5-6,11H2,(H,26,30)(H,31,32)(H2,24,25,27,29)/t16-,18?/m0/s1. The number of imidazole rings is 1. The second-order valence-corrected chi connectivity index (χ2v) is 9.57. The first-order valence-electron chi connectivity index (χ1n) is 10.8. The van der Waals surface area contributed by atoms with Gasteiger partial charge in [-0.2, -0.15) is 4.72 Å². The third-order valence-electron chi connectivity index (χ3n) is 5.23. The highest BCUT2D eigenvalue weighted by atomic mass is 32.2. The summed E-state index contributed by atoms with van der Waals surface area (Å²) >= 11 is 0. The number of aliphatic carboxylic acids is 1. The van der Waals surface area contributed by atoms with E-state index in [0.29, 0.717) is 22.9 Å². The van der Waals surface area contributed by atoms with Crippen LogP contribution in [-0.4, -0.2) is 58.4 Å². The molecule has 13 nitrogen and oxygen atoms in total. The SMILES string of the molecule is O=C(CCC1Oc2ccc(C[C@H](NS(=O)(=O)c3cccnc3)C(=O)O)cc2NC1=O)Nc1ncc[nH]1. The van der Waals surface area contributed by atoms with E-state index >= 15 is 0 Å². The molecular formula is C22H22N6O7S. The quantitative estimate of drug-likeness (QED) is 0.261. The number of carboxylic acid groups (broad SMARTS) is 1. The van der Waals surface area contributed by atoms with Crippen molar-refractivity contribution < 1.29 is 32.6 Å². The molecule has 1 aliphatic heterocycles. The zero-order valence-electron chi connectivity index (χ0n) is 18.7. The van der Waals surface area contributed by atoms with E-state index in [2.05, 4.69) is 30.3 Å². The molecule has 2 amide bonds. The smallest absolute Gasteiger partial charge is 0.322 e. The normalized spacial score (nSPS) is 15.8. The van der Waals surface area contributed by atoms with Gasteiger partial charge < -0.3 is 20.1 Å². The summed E-state index contributed by atoms with van der Waals surface area (Å²) in [5.74, 6) is -1.52. The lowest BCUT2D eigenvalue weighted by Gasteiger charge is -2.26. The van der Waals surface area contributed by atoms with Crippen molar-refractivity contribution in [3.8, 4) is 5.75 Å². The van der Waals surface area contributed by atoms with E-state index in [1.54, 1.807) is 18.3 Å². The van der Waals surface area contributed by atoms with Crippen molar-refractivity contribution in [1.29, 1.82) is 0 Å². The summed E-state index contributed by atoms with van der Waals surface area (Å²) in [6.45, 7) is 0. The number of aromatic amines is 1. The van der Waals surface area contributed by atoms with E-state index in [-0.39, 0.29) is 30.1 Å². The maximum absolute atomic E-state index is 12.5. The van der Waals surface area contributed by atoms with Crippen LogP contribution in [0.1, 0.15) is 18.4 Å². The van der Waals surface area contributed by atoms with Crippen LogP contribution in [0.15, 0.2) is 60.0 Å². The molecule has 5 N–H and O–H groups in total. The predicted octanol–water partition coefficient (Wildman–Crippen LogP) is 0.897. The number of amides is 2. The number of carbonyl (C=O) groups is 3. The summed E-state index contributed by atoms with van der Waals surface area (Å²) < 4.78 is 32.9. The van der Waals surface area contributed by atoms with Gasteiger partial charge >= 0.3 is 5.97 Å². The van der Waals surface area contributed by atoms with Crippen molar-refractivity contribution in [2.75, 3.05) is 10.6 Å². The molecule has 14 heteroatoms. The van der Waals surface area contributed by atoms with Crippen molar-refractivity contribution in [1.82, 2.24) is 19.7 Å². The van der Waals surface area contributed by atoms with Crippen LogP contribution in [0.2, 0.25) is 0 Å². The number of hydrogen-bond acceptors (Lipinski definition) is 8. The maximum atomic E-state index is 12.5. The summed E-state index contributed by atoms with van der Waals surface area (Å²) in [5.41, 5.74) is 0.767. The lowest BCUT2D eigenvalue weighted by molar-refractivity contribution is -0.139. The molecule has 4 rings (SSSR count). The van der Waals surface area contributed by atoms with Gasteiger partial charge in [0, 0.05) is 37.6 Å². The van der Waals surface area contributed by atoms with E-state index in [0.717, 1.165) is 6.20 Å². The zero-order valence-corrected chi connectivity index (χ0v) is 19.5. The molecule has 2 atom stereocenters. The summed E-state index contributed by atoms with van der Waals surface area (Å²) in [4.78, 5) is 46.5. The number of H-pyrrole nitrogens is 1. The molecule has 188 valence electrons. The molecule has 0 spiro atoms. The Balaban J connectivity index is 1.39. The van der Waals surface area contributed by atoms with Crippen LogP contribution in [0.5, 0.6) is 5.75 Å². The van der Waals surface area contributed by atoms with Gasteiger partial charge in [0.15, 0.2) is 6.10 Å². The highest BCUT2D eigenvalue weighted by Crippen LogP contribution is 2.32. The molecule has 0 saturated heterocycles. The van der Waals surface area contributed by atoms with Gasteiger partial charge in [0.2, 0.25) is 21.9 Å². The Hall–Kier alpha value is -4.30. The van der Waals surface area contributed by atoms with Crippen molar-refractivity contribution in [2.45, 2.75) is 36.3 Å². The van der Waals surface area contributed by atoms with Crippen LogP contribution in [0.25, 0.3) is 0 Å². The number of nitrogens with one attached hydrogen (secondary N) is 4. The Kier molecular flexibility index (Phi) is 7.26. The minimum atomic E-state index is -4.11. The highest BCUT2D eigenvalue weighted by Gasteiger charge is 2.30. The average molecular weight is 515 g/mol. The van der Waals surface area contributed by atoms with Gasteiger partial charge in [0.05, 0.1) is 5.69 Å². The third-order valence-corrected chi connectivity index (χ3v) is 6.69. The number of carboxylic acids is 1. The van der Waals surface area contributed by atoms with Crippen LogP contribution in [0.3, 0.4) is 0 Å². The second kappa shape index (κ2) is 10.5. The van der Waals surface area contributed by atoms with Crippen LogP contribution in [0, 0.1) is 0 Å². The van der Waals surface area contributed by atoms with Crippen LogP contribution < -0.4 is 20.1 Å². The minimum absolute atomic E-state index is 0.0174. The lowest BCUT2D eigenvalue weighted by Crippen LogP contribution is -2.42. The molecule has 0 bridgehead atoms. The number of pyridine rings is 1. The number of benzene rings is 1.